The van der Waals surface area contributed by atoms with Crippen LogP contribution in [0.5, 0.6) is 0 Å². The average molecular weight is 275 g/mol. The highest BCUT2D eigenvalue weighted by Crippen LogP contribution is 2.17. The molecule has 0 aliphatic carbocycles. The number of amides is 1. The molecule has 108 valence electrons. The van der Waals surface area contributed by atoms with Gasteiger partial charge in [0.05, 0.1) is 13.2 Å². The van der Waals surface area contributed by atoms with Crippen LogP contribution >= 0.6 is 0 Å². The van der Waals surface area contributed by atoms with Gasteiger partial charge in [-0.25, -0.2) is 0 Å². The van der Waals surface area contributed by atoms with Crippen LogP contribution in [0.1, 0.15) is 12.0 Å². The van der Waals surface area contributed by atoms with E-state index in [0.29, 0.717) is 12.5 Å². The maximum absolute atomic E-state index is 12.1. The molecule has 5 heteroatoms. The molecule has 0 N–H and O–H groups in total. The van der Waals surface area contributed by atoms with Gasteiger partial charge in [0.1, 0.15) is 0 Å². The molecule has 3 rings (SSSR count). The molecular formula is C15H21N3O2. The van der Waals surface area contributed by atoms with E-state index < -0.39 is 0 Å². The number of morpholine rings is 1. The molecule has 2 aliphatic rings. The molecule has 2 aliphatic heterocycles. The second-order valence-corrected chi connectivity index (χ2v) is 5.46. The van der Waals surface area contributed by atoms with Gasteiger partial charge in [-0.15, -0.1) is 0 Å². The van der Waals surface area contributed by atoms with Crippen LogP contribution in [0.3, 0.4) is 0 Å². The fourth-order valence-electron chi connectivity index (χ4n) is 2.79. The summed E-state index contributed by atoms with van der Waals surface area (Å²) in [7, 11) is 0. The average Bonchev–Trinajstić information content (AvgIpc) is 2.46. The summed E-state index contributed by atoms with van der Waals surface area (Å²) in [5, 5.41) is 0. The quantitative estimate of drug-likeness (QED) is 0.805. The molecule has 1 aromatic heterocycles. The summed E-state index contributed by atoms with van der Waals surface area (Å²) in [5.74, 6) is 0.262. The first kappa shape index (κ1) is 13.5. The minimum Gasteiger partial charge on any atom is -0.379 e. The first-order valence-corrected chi connectivity index (χ1v) is 7.31. The zero-order chi connectivity index (χ0) is 13.8. The molecule has 2 fully saturated rings. The van der Waals surface area contributed by atoms with Crippen molar-refractivity contribution in [3.63, 3.8) is 0 Å². The lowest BCUT2D eigenvalue weighted by Crippen LogP contribution is -2.62. The summed E-state index contributed by atoms with van der Waals surface area (Å²) in [6, 6.07) is 4.48. The minimum atomic E-state index is 0.262. The topological polar surface area (TPSA) is 45.7 Å². The van der Waals surface area contributed by atoms with Gasteiger partial charge in [0, 0.05) is 51.0 Å². The Balaban J connectivity index is 1.39. The van der Waals surface area contributed by atoms with Gasteiger partial charge in [-0.1, -0.05) is 6.07 Å². The Morgan fingerprint density at radius 1 is 1.35 bits per heavy atom. The normalized spacial score (nSPS) is 20.7. The van der Waals surface area contributed by atoms with Gasteiger partial charge in [-0.3, -0.25) is 14.7 Å². The monoisotopic (exact) mass is 275 g/mol. The molecular weight excluding hydrogens is 254 g/mol. The Hall–Kier alpha value is -1.46. The van der Waals surface area contributed by atoms with Crippen LogP contribution in [0.15, 0.2) is 24.5 Å². The van der Waals surface area contributed by atoms with Crippen molar-refractivity contribution in [2.75, 3.05) is 39.4 Å². The number of pyridine rings is 1. The number of hydrogen-bond donors (Lipinski definition) is 0. The van der Waals surface area contributed by atoms with Crippen molar-refractivity contribution in [2.24, 2.45) is 0 Å². The van der Waals surface area contributed by atoms with E-state index in [1.54, 1.807) is 6.20 Å². The van der Waals surface area contributed by atoms with Crippen molar-refractivity contribution < 1.29 is 9.53 Å². The number of likely N-dealkylation sites (tertiary alicyclic amines) is 1. The minimum absolute atomic E-state index is 0.262. The number of aryl methyl sites for hydroxylation is 1. The number of hydrogen-bond acceptors (Lipinski definition) is 4. The van der Waals surface area contributed by atoms with E-state index in [9.17, 15) is 4.79 Å². The Morgan fingerprint density at radius 3 is 2.85 bits per heavy atom. The number of carbonyl (C=O) groups is 1. The van der Waals surface area contributed by atoms with Gasteiger partial charge in [-0.05, 0) is 18.1 Å². The van der Waals surface area contributed by atoms with E-state index in [1.807, 2.05) is 23.2 Å². The lowest BCUT2D eigenvalue weighted by atomic mass is 10.0. The van der Waals surface area contributed by atoms with E-state index >= 15 is 0 Å². The first-order chi connectivity index (χ1) is 9.83. The zero-order valence-electron chi connectivity index (χ0n) is 11.7. The molecule has 0 radical (unpaired) electrons. The first-order valence-electron chi connectivity index (χ1n) is 7.31. The van der Waals surface area contributed by atoms with Gasteiger partial charge in [0.25, 0.3) is 0 Å². The molecule has 0 saturated carbocycles. The van der Waals surface area contributed by atoms with Crippen LogP contribution < -0.4 is 0 Å². The fraction of sp³-hybridized carbons (Fsp3) is 0.600. The van der Waals surface area contributed by atoms with Crippen molar-refractivity contribution in [1.82, 2.24) is 14.8 Å². The third-order valence-electron chi connectivity index (χ3n) is 4.13. The molecule has 0 aromatic carbocycles. The summed E-state index contributed by atoms with van der Waals surface area (Å²) >= 11 is 0. The van der Waals surface area contributed by atoms with Gasteiger partial charge >= 0.3 is 0 Å². The van der Waals surface area contributed by atoms with E-state index in [-0.39, 0.29) is 5.91 Å². The van der Waals surface area contributed by atoms with Crippen molar-refractivity contribution in [1.29, 1.82) is 0 Å². The molecule has 0 atom stereocenters. The van der Waals surface area contributed by atoms with E-state index in [2.05, 4.69) is 9.88 Å². The van der Waals surface area contributed by atoms with Crippen molar-refractivity contribution >= 4 is 5.91 Å². The number of rotatable bonds is 4. The second-order valence-electron chi connectivity index (χ2n) is 5.46. The zero-order valence-corrected chi connectivity index (χ0v) is 11.7. The highest BCUT2D eigenvalue weighted by molar-refractivity contribution is 5.77. The van der Waals surface area contributed by atoms with Gasteiger partial charge in [0.15, 0.2) is 0 Å². The van der Waals surface area contributed by atoms with Gasteiger partial charge in [0.2, 0.25) is 5.91 Å². The molecule has 0 spiro atoms. The van der Waals surface area contributed by atoms with E-state index in [1.165, 1.54) is 0 Å². The van der Waals surface area contributed by atoms with Gasteiger partial charge in [-0.2, -0.15) is 0 Å². The molecule has 1 aromatic rings. The molecule has 0 unspecified atom stereocenters. The number of ether oxygens (including phenoxy) is 1. The molecule has 1 amide bonds. The Morgan fingerprint density at radius 2 is 2.15 bits per heavy atom. The van der Waals surface area contributed by atoms with Crippen LogP contribution in [0.25, 0.3) is 0 Å². The van der Waals surface area contributed by atoms with Crippen LogP contribution in [-0.4, -0.2) is 66.1 Å². The predicted molar refractivity (Wildman–Crippen MR) is 75.3 cm³/mol. The van der Waals surface area contributed by atoms with Crippen molar-refractivity contribution in [3.05, 3.63) is 30.1 Å². The standard InChI is InChI=1S/C15H21N3O2/c19-15(4-3-13-2-1-5-16-10-13)18-11-14(12-18)17-6-8-20-9-7-17/h1-2,5,10,14H,3-4,6-9,11-12H2. The molecule has 3 heterocycles. The number of carbonyl (C=O) groups excluding carboxylic acids is 1. The van der Waals surface area contributed by atoms with Crippen LogP contribution in [0.2, 0.25) is 0 Å². The summed E-state index contributed by atoms with van der Waals surface area (Å²) in [4.78, 5) is 20.6. The maximum atomic E-state index is 12.1. The summed E-state index contributed by atoms with van der Waals surface area (Å²) in [6.45, 7) is 5.42. The van der Waals surface area contributed by atoms with Gasteiger partial charge < -0.3 is 9.64 Å². The largest absolute Gasteiger partial charge is 0.379 e. The van der Waals surface area contributed by atoms with Crippen LogP contribution in [0.4, 0.5) is 0 Å². The number of nitrogens with zero attached hydrogens (tertiary/aromatic N) is 3. The van der Waals surface area contributed by atoms with Crippen molar-refractivity contribution in [3.8, 4) is 0 Å². The highest BCUT2D eigenvalue weighted by Gasteiger charge is 2.34. The van der Waals surface area contributed by atoms with Crippen LogP contribution in [0, 0.1) is 0 Å². The molecule has 2 saturated heterocycles. The Labute approximate surface area is 119 Å². The highest BCUT2D eigenvalue weighted by atomic mass is 16.5. The molecule has 0 bridgehead atoms. The third-order valence-corrected chi connectivity index (χ3v) is 4.13. The Bertz CT molecular complexity index is 440. The fourth-order valence-corrected chi connectivity index (χ4v) is 2.79. The number of aromatic nitrogens is 1. The maximum Gasteiger partial charge on any atom is 0.223 e. The lowest BCUT2D eigenvalue weighted by Gasteiger charge is -2.46. The van der Waals surface area contributed by atoms with E-state index in [0.717, 1.165) is 51.4 Å². The Kier molecular flexibility index (Phi) is 4.28. The second kappa shape index (κ2) is 6.33. The molecule has 5 nitrogen and oxygen atoms in total. The summed E-state index contributed by atoms with van der Waals surface area (Å²) < 4.78 is 5.35. The van der Waals surface area contributed by atoms with Crippen LogP contribution in [-0.2, 0) is 16.0 Å². The van der Waals surface area contributed by atoms with E-state index in [4.69, 9.17) is 4.74 Å². The van der Waals surface area contributed by atoms with Crippen molar-refractivity contribution in [2.45, 2.75) is 18.9 Å². The lowest BCUT2D eigenvalue weighted by molar-refractivity contribution is -0.140. The third kappa shape index (κ3) is 3.16. The predicted octanol–water partition coefficient (Wildman–Crippen LogP) is 0.557. The summed E-state index contributed by atoms with van der Waals surface area (Å²) in [6.07, 6.45) is 4.96. The SMILES string of the molecule is O=C(CCc1cccnc1)N1CC(N2CCOCC2)C1. The smallest absolute Gasteiger partial charge is 0.223 e. The molecule has 20 heavy (non-hydrogen) atoms. The summed E-state index contributed by atoms with van der Waals surface area (Å²) in [5.41, 5.74) is 1.13.